The Morgan fingerprint density at radius 3 is 2.58 bits per heavy atom. The molecule has 1 fully saturated rings. The van der Waals surface area contributed by atoms with E-state index >= 15 is 0 Å². The molecule has 3 nitrogen and oxygen atoms in total. The zero-order valence-electron chi connectivity index (χ0n) is 10.5. The van der Waals surface area contributed by atoms with Gasteiger partial charge >= 0.3 is 6.18 Å². The fraction of sp³-hybridized carbons (Fsp3) is 0.538. The molecule has 1 amide bonds. The number of carbonyl (C=O) groups excluding carboxylic acids is 1. The van der Waals surface area contributed by atoms with Crippen LogP contribution in [0.3, 0.4) is 0 Å². The highest BCUT2D eigenvalue weighted by molar-refractivity contribution is 5.94. The van der Waals surface area contributed by atoms with Gasteiger partial charge in [0.25, 0.3) is 5.91 Å². The van der Waals surface area contributed by atoms with Gasteiger partial charge in [0, 0.05) is 12.2 Å². The summed E-state index contributed by atoms with van der Waals surface area (Å²) in [5.74, 6) is 0.219. The van der Waals surface area contributed by atoms with Crippen molar-refractivity contribution in [2.75, 3.05) is 0 Å². The largest absolute Gasteiger partial charge is 0.433 e. The molecule has 19 heavy (non-hydrogen) atoms. The third kappa shape index (κ3) is 3.45. The Labute approximate surface area is 109 Å². The van der Waals surface area contributed by atoms with Crippen LogP contribution >= 0.6 is 0 Å². The highest BCUT2D eigenvalue weighted by Gasteiger charge is 2.32. The van der Waals surface area contributed by atoms with Gasteiger partial charge < -0.3 is 5.32 Å². The summed E-state index contributed by atoms with van der Waals surface area (Å²) < 4.78 is 37.0. The summed E-state index contributed by atoms with van der Waals surface area (Å²) in [4.78, 5) is 15.1. The SMILES string of the molecule is CC1CCC(NC(=O)c2ccc(C(F)(F)F)nc2)C1. The summed E-state index contributed by atoms with van der Waals surface area (Å²) in [7, 11) is 0. The first kappa shape index (κ1) is 13.8. The van der Waals surface area contributed by atoms with E-state index in [4.69, 9.17) is 0 Å². The molecule has 0 radical (unpaired) electrons. The molecule has 1 heterocycles. The molecule has 1 aromatic heterocycles. The minimum atomic E-state index is -4.48. The van der Waals surface area contributed by atoms with E-state index in [1.165, 1.54) is 0 Å². The van der Waals surface area contributed by atoms with E-state index in [0.717, 1.165) is 37.6 Å². The molecule has 2 atom stereocenters. The minimum Gasteiger partial charge on any atom is -0.349 e. The van der Waals surface area contributed by atoms with E-state index in [1.54, 1.807) is 0 Å². The lowest BCUT2D eigenvalue weighted by Crippen LogP contribution is -2.33. The molecule has 0 aliphatic heterocycles. The smallest absolute Gasteiger partial charge is 0.349 e. The number of rotatable bonds is 2. The molecule has 2 unspecified atom stereocenters. The summed E-state index contributed by atoms with van der Waals surface area (Å²) in [6.07, 6.45) is -0.608. The normalized spacial score (nSPS) is 23.4. The van der Waals surface area contributed by atoms with Crippen LogP contribution in [0.1, 0.15) is 42.2 Å². The quantitative estimate of drug-likeness (QED) is 0.899. The molecule has 0 bridgehead atoms. The van der Waals surface area contributed by atoms with Gasteiger partial charge in [0.2, 0.25) is 0 Å². The Bertz CT molecular complexity index is 456. The number of nitrogens with one attached hydrogen (secondary N) is 1. The third-order valence-electron chi connectivity index (χ3n) is 3.35. The average Bonchev–Trinajstić information content (AvgIpc) is 2.74. The van der Waals surface area contributed by atoms with Crippen molar-refractivity contribution >= 4 is 5.91 Å². The van der Waals surface area contributed by atoms with E-state index in [1.807, 2.05) is 0 Å². The van der Waals surface area contributed by atoms with Crippen LogP contribution < -0.4 is 5.32 Å². The molecule has 0 aromatic carbocycles. The van der Waals surface area contributed by atoms with Gasteiger partial charge in [-0.1, -0.05) is 6.92 Å². The fourth-order valence-electron chi connectivity index (χ4n) is 2.30. The number of pyridine rings is 1. The first-order valence-electron chi connectivity index (χ1n) is 6.20. The Kier molecular flexibility index (Phi) is 3.78. The number of amides is 1. The number of hydrogen-bond acceptors (Lipinski definition) is 2. The summed E-state index contributed by atoms with van der Waals surface area (Å²) >= 11 is 0. The molecule has 1 aliphatic rings. The van der Waals surface area contributed by atoms with Gasteiger partial charge in [-0.3, -0.25) is 9.78 Å². The summed E-state index contributed by atoms with van der Waals surface area (Å²) in [5.41, 5.74) is -0.828. The molecule has 104 valence electrons. The molecule has 1 aliphatic carbocycles. The number of hydrogen-bond donors (Lipinski definition) is 1. The van der Waals surface area contributed by atoms with Crippen molar-refractivity contribution in [3.05, 3.63) is 29.6 Å². The number of alkyl halides is 3. The van der Waals surface area contributed by atoms with Crippen LogP contribution in [0.15, 0.2) is 18.3 Å². The van der Waals surface area contributed by atoms with Crippen LogP contribution in [0.5, 0.6) is 0 Å². The fourth-order valence-corrected chi connectivity index (χ4v) is 2.30. The molecule has 1 saturated carbocycles. The third-order valence-corrected chi connectivity index (χ3v) is 3.35. The highest BCUT2D eigenvalue weighted by atomic mass is 19.4. The van der Waals surface area contributed by atoms with Crippen LogP contribution in [-0.2, 0) is 6.18 Å². The molecular weight excluding hydrogens is 257 g/mol. The van der Waals surface area contributed by atoms with Crippen LogP contribution in [0.25, 0.3) is 0 Å². The van der Waals surface area contributed by atoms with Crippen LogP contribution in [0.4, 0.5) is 13.2 Å². The van der Waals surface area contributed by atoms with Crippen LogP contribution in [-0.4, -0.2) is 16.9 Å². The van der Waals surface area contributed by atoms with Crippen LogP contribution in [0.2, 0.25) is 0 Å². The highest BCUT2D eigenvalue weighted by Crippen LogP contribution is 2.27. The van der Waals surface area contributed by atoms with Gasteiger partial charge in [-0.15, -0.1) is 0 Å². The molecule has 0 saturated heterocycles. The van der Waals surface area contributed by atoms with Crippen LogP contribution in [0, 0.1) is 5.92 Å². The maximum atomic E-state index is 12.3. The summed E-state index contributed by atoms with van der Waals surface area (Å²) in [6.45, 7) is 2.12. The first-order valence-corrected chi connectivity index (χ1v) is 6.20. The predicted octanol–water partition coefficient (Wildman–Crippen LogP) is 3.02. The Morgan fingerprint density at radius 1 is 1.37 bits per heavy atom. The van der Waals surface area contributed by atoms with Crippen molar-refractivity contribution in [2.45, 2.75) is 38.4 Å². The zero-order chi connectivity index (χ0) is 14.0. The predicted molar refractivity (Wildman–Crippen MR) is 63.5 cm³/mol. The van der Waals surface area contributed by atoms with Gasteiger partial charge in [0.15, 0.2) is 0 Å². The molecule has 1 N–H and O–H groups in total. The second-order valence-corrected chi connectivity index (χ2v) is 5.02. The Balaban J connectivity index is 2.00. The Morgan fingerprint density at radius 2 is 2.11 bits per heavy atom. The van der Waals surface area contributed by atoms with E-state index in [0.29, 0.717) is 5.92 Å². The lowest BCUT2D eigenvalue weighted by atomic mass is 10.1. The minimum absolute atomic E-state index is 0.116. The van der Waals surface area contributed by atoms with Gasteiger partial charge in [-0.25, -0.2) is 0 Å². The first-order chi connectivity index (χ1) is 8.86. The molecular formula is C13H15F3N2O. The van der Waals surface area contributed by atoms with Crippen molar-refractivity contribution in [1.29, 1.82) is 0 Å². The van der Waals surface area contributed by atoms with Gasteiger partial charge in [0.05, 0.1) is 5.56 Å². The molecule has 6 heteroatoms. The molecule has 2 rings (SSSR count). The topological polar surface area (TPSA) is 42.0 Å². The summed E-state index contributed by atoms with van der Waals surface area (Å²) in [5, 5.41) is 2.82. The second kappa shape index (κ2) is 5.19. The Hall–Kier alpha value is -1.59. The van der Waals surface area contributed by atoms with E-state index in [2.05, 4.69) is 17.2 Å². The standard InChI is InChI=1S/C13H15F3N2O/c1-8-2-4-10(6-8)18-12(19)9-3-5-11(17-7-9)13(14,15)16/h3,5,7-8,10H,2,4,6H2,1H3,(H,18,19). The molecule has 0 spiro atoms. The van der Waals surface area contributed by atoms with Crippen molar-refractivity contribution in [2.24, 2.45) is 5.92 Å². The lowest BCUT2D eigenvalue weighted by molar-refractivity contribution is -0.141. The number of carbonyl (C=O) groups is 1. The van der Waals surface area contributed by atoms with Crippen molar-refractivity contribution in [3.63, 3.8) is 0 Å². The molecule has 1 aromatic rings. The summed E-state index contributed by atoms with van der Waals surface area (Å²) in [6, 6.07) is 2.10. The van der Waals surface area contributed by atoms with Crippen molar-refractivity contribution < 1.29 is 18.0 Å². The van der Waals surface area contributed by atoms with Crippen molar-refractivity contribution in [3.8, 4) is 0 Å². The van der Waals surface area contributed by atoms with Gasteiger partial charge in [0.1, 0.15) is 5.69 Å². The van der Waals surface area contributed by atoms with Crippen molar-refractivity contribution in [1.82, 2.24) is 10.3 Å². The van der Waals surface area contributed by atoms with Gasteiger partial charge in [-0.05, 0) is 37.3 Å². The monoisotopic (exact) mass is 272 g/mol. The number of aromatic nitrogens is 1. The maximum Gasteiger partial charge on any atom is 0.433 e. The maximum absolute atomic E-state index is 12.3. The lowest BCUT2D eigenvalue weighted by Gasteiger charge is -2.12. The number of halogens is 3. The van der Waals surface area contributed by atoms with E-state index in [9.17, 15) is 18.0 Å². The zero-order valence-corrected chi connectivity index (χ0v) is 10.5. The second-order valence-electron chi connectivity index (χ2n) is 5.02. The van der Waals surface area contributed by atoms with Gasteiger partial charge in [-0.2, -0.15) is 13.2 Å². The van der Waals surface area contributed by atoms with E-state index < -0.39 is 11.9 Å². The van der Waals surface area contributed by atoms with E-state index in [-0.39, 0.29) is 17.5 Å². The number of nitrogens with zero attached hydrogens (tertiary/aromatic N) is 1. The average molecular weight is 272 g/mol.